The number of aromatic nitrogens is 3. The second kappa shape index (κ2) is 7.32. The minimum absolute atomic E-state index is 0.437. The molecule has 0 atom stereocenters. The van der Waals surface area contributed by atoms with Crippen LogP contribution in [0.2, 0.25) is 0 Å². The summed E-state index contributed by atoms with van der Waals surface area (Å²) in [4.78, 5) is 26.2. The third-order valence-electron chi connectivity index (χ3n) is 5.18. The summed E-state index contributed by atoms with van der Waals surface area (Å²) >= 11 is 0. The molecule has 5 heteroatoms. The van der Waals surface area contributed by atoms with Crippen LogP contribution in [0.25, 0.3) is 11.0 Å². The number of nitrogens with zero attached hydrogens (tertiary/aromatic N) is 3. The molecule has 1 aliphatic rings. The van der Waals surface area contributed by atoms with E-state index in [-0.39, 0.29) is 0 Å². The van der Waals surface area contributed by atoms with Crippen LogP contribution in [-0.4, -0.2) is 33.8 Å². The van der Waals surface area contributed by atoms with Crippen LogP contribution >= 0.6 is 0 Å². The van der Waals surface area contributed by atoms with E-state index in [1.165, 1.54) is 0 Å². The molecule has 0 spiro atoms. The van der Waals surface area contributed by atoms with Crippen molar-refractivity contribution in [2.24, 2.45) is 11.8 Å². The molecule has 0 radical (unpaired) electrons. The number of H-pyrrole nitrogens is 1. The molecule has 0 bridgehead atoms. The smallest absolute Gasteiger partial charge is 0.142 e. The fourth-order valence-electron chi connectivity index (χ4n) is 3.91. The number of ketones is 1. The normalized spacial score (nSPS) is 21.3. The van der Waals surface area contributed by atoms with Gasteiger partial charge in [-0.2, -0.15) is 0 Å². The van der Waals surface area contributed by atoms with Gasteiger partial charge in [0.15, 0.2) is 0 Å². The van der Waals surface area contributed by atoms with Gasteiger partial charge in [-0.25, -0.2) is 9.97 Å². The Bertz CT molecular complexity index is 685. The molecule has 24 heavy (non-hydrogen) atoms. The summed E-state index contributed by atoms with van der Waals surface area (Å²) in [6.45, 7) is 4.24. The first-order valence-electron chi connectivity index (χ1n) is 9.07. The molecule has 0 saturated heterocycles. The lowest BCUT2D eigenvalue weighted by Gasteiger charge is -2.35. The fraction of sp³-hybridized carbons (Fsp3) is 0.632. The Balaban J connectivity index is 1.58. The van der Waals surface area contributed by atoms with E-state index in [1.807, 2.05) is 12.3 Å². The van der Waals surface area contributed by atoms with E-state index in [2.05, 4.69) is 40.7 Å². The zero-order valence-corrected chi connectivity index (χ0v) is 15.0. The number of carbonyl (C=O) groups excluding carboxylic acids is 1. The SMILES string of the molecule is CC(C)CC(=O)CC1CCC(N(C)c2ncnc3[nH]ccc23)CC1. The quantitative estimate of drug-likeness (QED) is 0.872. The van der Waals surface area contributed by atoms with Crippen LogP contribution in [0.3, 0.4) is 0 Å². The highest BCUT2D eigenvalue weighted by Crippen LogP contribution is 2.33. The molecule has 2 heterocycles. The number of Topliss-reactive ketones (excluding diaryl/α,β-unsaturated/α-hetero) is 1. The lowest BCUT2D eigenvalue weighted by molar-refractivity contribution is -0.120. The summed E-state index contributed by atoms with van der Waals surface area (Å²) in [5.74, 6) is 2.48. The molecule has 1 aliphatic carbocycles. The molecule has 0 unspecified atom stereocenters. The molecule has 0 aromatic carbocycles. The number of rotatable bonds is 6. The molecule has 1 N–H and O–H groups in total. The molecule has 130 valence electrons. The average molecular weight is 328 g/mol. The molecular formula is C19H28N4O. The van der Waals surface area contributed by atoms with Crippen molar-refractivity contribution in [3.8, 4) is 0 Å². The lowest BCUT2D eigenvalue weighted by Crippen LogP contribution is -2.36. The first-order valence-corrected chi connectivity index (χ1v) is 9.07. The van der Waals surface area contributed by atoms with Crippen molar-refractivity contribution in [2.75, 3.05) is 11.9 Å². The van der Waals surface area contributed by atoms with Gasteiger partial charge in [0.1, 0.15) is 23.6 Å². The maximum atomic E-state index is 12.0. The highest BCUT2D eigenvalue weighted by molar-refractivity contribution is 5.87. The number of fused-ring (bicyclic) bond motifs is 1. The molecule has 2 aromatic heterocycles. The maximum absolute atomic E-state index is 12.0. The maximum Gasteiger partial charge on any atom is 0.142 e. The van der Waals surface area contributed by atoms with Crippen molar-refractivity contribution >= 4 is 22.6 Å². The van der Waals surface area contributed by atoms with E-state index in [1.54, 1.807) is 6.33 Å². The van der Waals surface area contributed by atoms with Crippen LogP contribution in [0.4, 0.5) is 5.82 Å². The highest BCUT2D eigenvalue weighted by atomic mass is 16.1. The Morgan fingerprint density at radius 1 is 1.29 bits per heavy atom. The first-order chi connectivity index (χ1) is 11.5. The molecule has 1 saturated carbocycles. The molecule has 0 aliphatic heterocycles. The lowest BCUT2D eigenvalue weighted by atomic mass is 9.82. The van der Waals surface area contributed by atoms with Gasteiger partial charge in [0.2, 0.25) is 0 Å². The summed E-state index contributed by atoms with van der Waals surface area (Å²) < 4.78 is 0. The van der Waals surface area contributed by atoms with Gasteiger partial charge in [-0.15, -0.1) is 0 Å². The topological polar surface area (TPSA) is 61.9 Å². The Morgan fingerprint density at radius 3 is 2.75 bits per heavy atom. The van der Waals surface area contributed by atoms with E-state index in [0.29, 0.717) is 23.7 Å². The van der Waals surface area contributed by atoms with Crippen molar-refractivity contribution in [3.05, 3.63) is 18.6 Å². The standard InChI is InChI=1S/C19H28N4O/c1-13(2)10-16(24)11-14-4-6-15(7-5-14)23(3)19-17-8-9-20-18(17)21-12-22-19/h8-9,12-15H,4-7,10-11H2,1-3H3,(H,20,21,22). The van der Waals surface area contributed by atoms with Crippen LogP contribution < -0.4 is 4.90 Å². The van der Waals surface area contributed by atoms with E-state index >= 15 is 0 Å². The van der Waals surface area contributed by atoms with E-state index in [0.717, 1.165) is 55.4 Å². The second-order valence-electron chi connectivity index (χ2n) is 7.56. The molecule has 5 nitrogen and oxygen atoms in total. The first kappa shape index (κ1) is 16.9. The third kappa shape index (κ3) is 3.77. The highest BCUT2D eigenvalue weighted by Gasteiger charge is 2.27. The van der Waals surface area contributed by atoms with Crippen LogP contribution in [0.1, 0.15) is 52.4 Å². The van der Waals surface area contributed by atoms with Gasteiger partial charge >= 0.3 is 0 Å². The van der Waals surface area contributed by atoms with Crippen molar-refractivity contribution in [3.63, 3.8) is 0 Å². The predicted octanol–water partition coefficient (Wildman–Crippen LogP) is 3.96. The van der Waals surface area contributed by atoms with E-state index < -0.39 is 0 Å². The predicted molar refractivity (Wildman–Crippen MR) is 97.1 cm³/mol. The third-order valence-corrected chi connectivity index (χ3v) is 5.18. The number of hydrogen-bond acceptors (Lipinski definition) is 4. The van der Waals surface area contributed by atoms with Crippen LogP contribution in [-0.2, 0) is 4.79 Å². The van der Waals surface area contributed by atoms with Gasteiger partial charge < -0.3 is 9.88 Å². The zero-order chi connectivity index (χ0) is 17.1. The summed E-state index contributed by atoms with van der Waals surface area (Å²) in [7, 11) is 2.13. The van der Waals surface area contributed by atoms with Gasteiger partial charge in [-0.3, -0.25) is 4.79 Å². The Labute approximate surface area is 143 Å². The Hall–Kier alpha value is -1.91. The van der Waals surface area contributed by atoms with Gasteiger partial charge in [0.25, 0.3) is 0 Å². The van der Waals surface area contributed by atoms with Gasteiger partial charge in [-0.05, 0) is 43.6 Å². The van der Waals surface area contributed by atoms with Crippen LogP contribution in [0.15, 0.2) is 18.6 Å². The summed E-state index contributed by atoms with van der Waals surface area (Å²) in [5, 5.41) is 1.08. The number of carbonyl (C=O) groups is 1. The minimum Gasteiger partial charge on any atom is -0.356 e. The van der Waals surface area contributed by atoms with Crippen LogP contribution in [0, 0.1) is 11.8 Å². The molecule has 2 aromatic rings. The largest absolute Gasteiger partial charge is 0.356 e. The van der Waals surface area contributed by atoms with Gasteiger partial charge in [0, 0.05) is 32.1 Å². The Morgan fingerprint density at radius 2 is 2.04 bits per heavy atom. The minimum atomic E-state index is 0.437. The van der Waals surface area contributed by atoms with Gasteiger partial charge in [-0.1, -0.05) is 13.8 Å². The molecular weight excluding hydrogens is 300 g/mol. The number of nitrogens with one attached hydrogen (secondary N) is 1. The zero-order valence-electron chi connectivity index (χ0n) is 15.0. The molecule has 0 amide bonds. The van der Waals surface area contributed by atoms with Gasteiger partial charge in [0.05, 0.1) is 5.39 Å². The number of anilines is 1. The van der Waals surface area contributed by atoms with E-state index in [9.17, 15) is 4.79 Å². The summed E-state index contributed by atoms with van der Waals surface area (Å²) in [5.41, 5.74) is 0.889. The van der Waals surface area contributed by atoms with Crippen molar-refractivity contribution < 1.29 is 4.79 Å². The molecule has 3 rings (SSSR count). The summed E-state index contributed by atoms with van der Waals surface area (Å²) in [6, 6.07) is 2.53. The summed E-state index contributed by atoms with van der Waals surface area (Å²) in [6.07, 6.45) is 9.57. The molecule has 1 fully saturated rings. The van der Waals surface area contributed by atoms with Crippen molar-refractivity contribution in [2.45, 2.75) is 58.4 Å². The Kier molecular flexibility index (Phi) is 5.17. The fourth-order valence-corrected chi connectivity index (χ4v) is 3.91. The average Bonchev–Trinajstić information content (AvgIpc) is 3.02. The number of aromatic amines is 1. The van der Waals surface area contributed by atoms with E-state index in [4.69, 9.17) is 0 Å². The van der Waals surface area contributed by atoms with Crippen molar-refractivity contribution in [1.29, 1.82) is 0 Å². The second-order valence-corrected chi connectivity index (χ2v) is 7.56. The van der Waals surface area contributed by atoms with Crippen molar-refractivity contribution in [1.82, 2.24) is 15.0 Å². The monoisotopic (exact) mass is 328 g/mol. The number of hydrogen-bond donors (Lipinski definition) is 1. The van der Waals surface area contributed by atoms with Crippen LogP contribution in [0.5, 0.6) is 0 Å².